The van der Waals surface area contributed by atoms with E-state index >= 15 is 0 Å². The Morgan fingerprint density at radius 2 is 0.667 bits per heavy atom. The predicted octanol–water partition coefficient (Wildman–Crippen LogP) is 18.6. The second kappa shape index (κ2) is 59.3. The van der Waals surface area contributed by atoms with Gasteiger partial charge in [-0.05, 0) is 128 Å². The number of unbranched alkanes of at least 4 members (excludes halogenated alkanes) is 21. The fourth-order valence-corrected chi connectivity index (χ4v) is 8.76. The Bertz CT molecular complexity index is 1720. The monoisotopic (exact) mass is 1110 g/mol. The normalized spacial score (nSPS) is 14.1. The van der Waals surface area contributed by atoms with Crippen LogP contribution in [0.2, 0.25) is 0 Å². The molecule has 78 heavy (non-hydrogen) atoms. The third kappa shape index (κ3) is 56.8. The molecule has 0 rings (SSSR count). The highest BCUT2D eigenvalue weighted by molar-refractivity contribution is 7.47. The highest BCUT2D eigenvalue weighted by atomic mass is 31.2. The number of ether oxygens (including phenoxy) is 3. The fraction of sp³-hybridized carbons (Fsp3) is 0.682. The summed E-state index contributed by atoms with van der Waals surface area (Å²) < 4.78 is 39.6. The zero-order valence-corrected chi connectivity index (χ0v) is 50.2. The summed E-state index contributed by atoms with van der Waals surface area (Å²) in [6.07, 6.45) is 71.8. The first-order chi connectivity index (χ1) is 38.2. The highest BCUT2D eigenvalue weighted by Crippen LogP contribution is 2.43. The quantitative estimate of drug-likeness (QED) is 0.0197. The van der Waals surface area contributed by atoms with Crippen LogP contribution in [-0.4, -0.2) is 66.5 Å². The molecule has 0 bridgehead atoms. The molecule has 0 aromatic carbocycles. The molecule has 0 radical (unpaired) electrons. The van der Waals surface area contributed by atoms with E-state index in [1.807, 2.05) is 0 Å². The van der Waals surface area contributed by atoms with Gasteiger partial charge in [-0.15, -0.1) is 0 Å². The minimum absolute atomic E-state index is 0.130. The molecule has 0 aromatic rings. The maximum Gasteiger partial charge on any atom is 0.472 e. The van der Waals surface area contributed by atoms with Crippen molar-refractivity contribution in [1.29, 1.82) is 0 Å². The number of hydrogen-bond acceptors (Lipinski definition) is 10. The van der Waals surface area contributed by atoms with Gasteiger partial charge in [0.1, 0.15) is 12.7 Å². The SMILES string of the molecule is CC/C=C\C/C=C\C/C=C\C/C=C\CCCCCCC(=O)OC(COC(=O)CCCCCCCC/C=C\C/C=C\C/C=C\CCCCC)COP(=O)(O)OCC(CO)OC(=O)CCCCCCC/C=C\C/C=C\CCCCC. The van der Waals surface area contributed by atoms with Crippen LogP contribution >= 0.6 is 7.82 Å². The Morgan fingerprint density at radius 3 is 1.03 bits per heavy atom. The molecule has 0 amide bonds. The van der Waals surface area contributed by atoms with E-state index in [-0.39, 0.29) is 25.9 Å². The predicted molar refractivity (Wildman–Crippen MR) is 325 cm³/mol. The van der Waals surface area contributed by atoms with Crippen molar-refractivity contribution in [3.05, 3.63) is 109 Å². The van der Waals surface area contributed by atoms with Crippen molar-refractivity contribution < 1.29 is 52.2 Å². The van der Waals surface area contributed by atoms with Gasteiger partial charge in [-0.3, -0.25) is 23.4 Å². The van der Waals surface area contributed by atoms with Gasteiger partial charge < -0.3 is 24.2 Å². The summed E-state index contributed by atoms with van der Waals surface area (Å²) in [7, 11) is -4.77. The van der Waals surface area contributed by atoms with Crippen LogP contribution in [0.5, 0.6) is 0 Å². The molecule has 0 heterocycles. The molecule has 0 aliphatic rings. The molecule has 3 atom stereocenters. The van der Waals surface area contributed by atoms with E-state index in [1.165, 1.54) is 44.9 Å². The van der Waals surface area contributed by atoms with Gasteiger partial charge in [-0.1, -0.05) is 214 Å². The fourth-order valence-electron chi connectivity index (χ4n) is 7.97. The van der Waals surface area contributed by atoms with Crippen LogP contribution in [0.1, 0.15) is 252 Å². The highest BCUT2D eigenvalue weighted by Gasteiger charge is 2.28. The molecular weight excluding hydrogens is 1000 g/mol. The van der Waals surface area contributed by atoms with Gasteiger partial charge in [-0.2, -0.15) is 0 Å². The van der Waals surface area contributed by atoms with E-state index in [0.29, 0.717) is 19.3 Å². The van der Waals surface area contributed by atoms with Gasteiger partial charge in [0.25, 0.3) is 0 Å². The first kappa shape index (κ1) is 74.1. The summed E-state index contributed by atoms with van der Waals surface area (Å²) in [5.41, 5.74) is 0. The van der Waals surface area contributed by atoms with Crippen molar-refractivity contribution in [3.8, 4) is 0 Å². The Balaban J connectivity index is 4.80. The lowest BCUT2D eigenvalue weighted by Gasteiger charge is -2.21. The number of aliphatic hydroxyl groups excluding tert-OH is 1. The van der Waals surface area contributed by atoms with Crippen LogP contribution in [0.25, 0.3) is 0 Å². The standard InChI is InChI=1S/C66H111O11P/c1-4-7-10-13-16-19-22-25-28-30-31-33-35-37-40-43-46-49-52-55-64(68)73-59-63(77-66(70)57-54-51-48-45-42-39-36-32-29-26-23-20-17-14-11-8-5-2)61-75-78(71,72)74-60-62(58-67)76-65(69)56-53-50-47-44-41-38-34-27-24-21-18-15-12-9-6-3/h8,11,16-21,25-29,31,33-34,36,39,62-63,67H,4-7,9-10,12-15,22-24,30,32,35,37-38,40-61H2,1-3H3,(H,71,72)/b11-8-,19-16-,20-17-,21-18-,28-25-,29-26-,33-31-,34-27-,39-36-. The summed E-state index contributed by atoms with van der Waals surface area (Å²) in [4.78, 5) is 48.7. The number of hydrogen-bond donors (Lipinski definition) is 2. The van der Waals surface area contributed by atoms with Gasteiger partial charge in [0.15, 0.2) is 6.10 Å². The van der Waals surface area contributed by atoms with Gasteiger partial charge in [0, 0.05) is 19.3 Å². The van der Waals surface area contributed by atoms with E-state index in [1.54, 1.807) is 0 Å². The number of phosphoric ester groups is 1. The van der Waals surface area contributed by atoms with E-state index < -0.39 is 57.8 Å². The Hall–Kier alpha value is -3.86. The molecule has 2 N–H and O–H groups in total. The average molecular weight is 1110 g/mol. The first-order valence-corrected chi connectivity index (χ1v) is 32.3. The van der Waals surface area contributed by atoms with E-state index in [0.717, 1.165) is 148 Å². The summed E-state index contributed by atoms with van der Waals surface area (Å²) >= 11 is 0. The number of carbonyl (C=O) groups excluding carboxylic acids is 3. The molecule has 12 heteroatoms. The molecule has 11 nitrogen and oxygen atoms in total. The molecule has 0 aliphatic carbocycles. The molecular formula is C66H111O11P. The molecule has 0 fully saturated rings. The van der Waals surface area contributed by atoms with E-state index in [2.05, 4.69) is 130 Å². The number of phosphoric acid groups is 1. The first-order valence-electron chi connectivity index (χ1n) is 30.8. The van der Waals surface area contributed by atoms with Crippen molar-refractivity contribution >= 4 is 25.7 Å². The van der Waals surface area contributed by atoms with Gasteiger partial charge in [0.2, 0.25) is 0 Å². The molecule has 3 unspecified atom stereocenters. The number of rotatable bonds is 56. The van der Waals surface area contributed by atoms with Crippen molar-refractivity contribution in [2.45, 2.75) is 264 Å². The van der Waals surface area contributed by atoms with Crippen LogP contribution in [0, 0.1) is 0 Å². The summed E-state index contributed by atoms with van der Waals surface area (Å²) in [5.74, 6) is -1.53. The zero-order valence-electron chi connectivity index (χ0n) is 49.3. The zero-order chi connectivity index (χ0) is 56.9. The average Bonchev–Trinajstić information content (AvgIpc) is 3.43. The third-order valence-electron chi connectivity index (χ3n) is 12.6. The third-order valence-corrected chi connectivity index (χ3v) is 13.6. The molecule has 446 valence electrons. The van der Waals surface area contributed by atoms with Crippen molar-refractivity contribution in [2.75, 3.05) is 26.4 Å². The summed E-state index contributed by atoms with van der Waals surface area (Å²) in [6, 6.07) is 0. The van der Waals surface area contributed by atoms with E-state index in [4.69, 9.17) is 23.3 Å². The molecule has 0 aliphatic heterocycles. The van der Waals surface area contributed by atoms with E-state index in [9.17, 15) is 28.9 Å². The lowest BCUT2D eigenvalue weighted by molar-refractivity contribution is -0.161. The Labute approximate surface area is 475 Å². The number of esters is 3. The van der Waals surface area contributed by atoms with Crippen LogP contribution in [0.15, 0.2) is 109 Å². The topological polar surface area (TPSA) is 155 Å². The largest absolute Gasteiger partial charge is 0.472 e. The van der Waals surface area contributed by atoms with Gasteiger partial charge in [0.05, 0.1) is 19.8 Å². The van der Waals surface area contributed by atoms with Crippen LogP contribution < -0.4 is 0 Å². The molecule has 0 saturated carbocycles. The lowest BCUT2D eigenvalue weighted by atomic mass is 10.1. The summed E-state index contributed by atoms with van der Waals surface area (Å²) in [5, 5.41) is 9.83. The van der Waals surface area contributed by atoms with Crippen LogP contribution in [0.3, 0.4) is 0 Å². The molecule has 0 aromatic heterocycles. The minimum atomic E-state index is -4.77. The van der Waals surface area contributed by atoms with Crippen molar-refractivity contribution in [3.63, 3.8) is 0 Å². The van der Waals surface area contributed by atoms with Gasteiger partial charge in [-0.25, -0.2) is 4.57 Å². The van der Waals surface area contributed by atoms with Crippen molar-refractivity contribution in [2.24, 2.45) is 0 Å². The second-order valence-corrected chi connectivity index (χ2v) is 21.6. The van der Waals surface area contributed by atoms with Gasteiger partial charge >= 0.3 is 25.7 Å². The number of aliphatic hydroxyl groups is 1. The number of carbonyl (C=O) groups is 3. The minimum Gasteiger partial charge on any atom is -0.462 e. The molecule has 0 spiro atoms. The van der Waals surface area contributed by atoms with Crippen LogP contribution in [0.4, 0.5) is 0 Å². The maximum atomic E-state index is 12.9. The smallest absolute Gasteiger partial charge is 0.462 e. The second-order valence-electron chi connectivity index (χ2n) is 20.1. The number of allylic oxidation sites excluding steroid dienone is 18. The lowest BCUT2D eigenvalue weighted by Crippen LogP contribution is -2.30. The molecule has 0 saturated heterocycles. The summed E-state index contributed by atoms with van der Waals surface area (Å²) in [6.45, 7) is 4.42. The van der Waals surface area contributed by atoms with Crippen molar-refractivity contribution in [1.82, 2.24) is 0 Å². The maximum absolute atomic E-state index is 12.9. The Kier molecular flexibility index (Phi) is 56.3. The Morgan fingerprint density at radius 1 is 0.372 bits per heavy atom. The van der Waals surface area contributed by atoms with Crippen LogP contribution in [-0.2, 0) is 42.2 Å².